The lowest BCUT2D eigenvalue weighted by molar-refractivity contribution is -0.113. The number of anilines is 1. The molecule has 154 valence electrons. The van der Waals surface area contributed by atoms with Gasteiger partial charge < -0.3 is 10.6 Å². The van der Waals surface area contributed by atoms with E-state index in [1.807, 2.05) is 0 Å². The summed E-state index contributed by atoms with van der Waals surface area (Å²) in [5.74, 6) is -0.262. The first kappa shape index (κ1) is 21.7. The molecule has 2 N–H and O–H groups in total. The van der Waals surface area contributed by atoms with Gasteiger partial charge in [0.15, 0.2) is 0 Å². The van der Waals surface area contributed by atoms with Gasteiger partial charge in [-0.2, -0.15) is 0 Å². The molecule has 7 heteroatoms. The summed E-state index contributed by atoms with van der Waals surface area (Å²) in [6.45, 7) is 0. The number of carbonyl (C=O) groups excluding carboxylic acids is 2. The molecule has 0 spiro atoms. The van der Waals surface area contributed by atoms with Gasteiger partial charge in [-0.05, 0) is 42.7 Å². The van der Waals surface area contributed by atoms with Crippen LogP contribution in [-0.2, 0) is 10.5 Å². The number of para-hydroxylation sites is 1. The first-order chi connectivity index (χ1) is 14.0. The van der Waals surface area contributed by atoms with Gasteiger partial charge in [-0.1, -0.05) is 49.1 Å². The summed E-state index contributed by atoms with van der Waals surface area (Å²) in [4.78, 5) is 25.0. The van der Waals surface area contributed by atoms with Gasteiger partial charge in [-0.15, -0.1) is 11.8 Å². The largest absolute Gasteiger partial charge is 0.349 e. The Morgan fingerprint density at radius 2 is 1.86 bits per heavy atom. The van der Waals surface area contributed by atoms with E-state index in [1.165, 1.54) is 24.2 Å². The lowest BCUT2D eigenvalue weighted by atomic mass is 9.95. The van der Waals surface area contributed by atoms with E-state index in [1.54, 1.807) is 36.4 Å². The van der Waals surface area contributed by atoms with Crippen LogP contribution < -0.4 is 10.6 Å². The summed E-state index contributed by atoms with van der Waals surface area (Å²) < 4.78 is 13.8. The standard InChI is InChI=1S/C22H24ClFN2O2S/c23-16-11-10-15(19(24)12-16)13-29-14-21(27)26-20-9-5-4-8-18(20)22(28)25-17-6-2-1-3-7-17/h4-5,8-12,17H,1-3,6-7,13-14H2,(H,25,28)(H,26,27). The molecule has 2 aromatic rings. The van der Waals surface area contributed by atoms with Gasteiger partial charge in [0.25, 0.3) is 5.91 Å². The topological polar surface area (TPSA) is 58.2 Å². The third kappa shape index (κ3) is 6.47. The molecule has 0 aliphatic heterocycles. The number of benzene rings is 2. The molecule has 1 aliphatic rings. The zero-order valence-electron chi connectivity index (χ0n) is 16.0. The summed E-state index contributed by atoms with van der Waals surface area (Å²) in [5, 5.41) is 6.22. The van der Waals surface area contributed by atoms with Crippen molar-refractivity contribution >= 4 is 40.9 Å². The second kappa shape index (κ2) is 10.6. The zero-order valence-corrected chi connectivity index (χ0v) is 17.6. The predicted octanol–water partition coefficient (Wildman–Crippen LogP) is 5.41. The first-order valence-corrected chi connectivity index (χ1v) is 11.3. The van der Waals surface area contributed by atoms with E-state index >= 15 is 0 Å². The quantitative estimate of drug-likeness (QED) is 0.612. The van der Waals surface area contributed by atoms with Gasteiger partial charge in [-0.25, -0.2) is 4.39 Å². The Kier molecular flexibility index (Phi) is 7.95. The highest BCUT2D eigenvalue weighted by atomic mass is 35.5. The molecule has 2 amide bonds. The lowest BCUT2D eigenvalue weighted by Crippen LogP contribution is -2.36. The Labute approximate surface area is 179 Å². The van der Waals surface area contributed by atoms with Crippen LogP contribution in [0, 0.1) is 5.82 Å². The van der Waals surface area contributed by atoms with Gasteiger partial charge in [0.05, 0.1) is 17.0 Å². The van der Waals surface area contributed by atoms with Crippen LogP contribution in [0.1, 0.15) is 48.0 Å². The van der Waals surface area contributed by atoms with Gasteiger partial charge in [0.2, 0.25) is 5.91 Å². The second-order valence-corrected chi connectivity index (χ2v) is 8.55. The molecule has 0 heterocycles. The molecule has 3 rings (SSSR count). The smallest absolute Gasteiger partial charge is 0.253 e. The van der Waals surface area contributed by atoms with Crippen molar-refractivity contribution in [1.29, 1.82) is 0 Å². The number of nitrogens with one attached hydrogen (secondary N) is 2. The van der Waals surface area contributed by atoms with Crippen molar-refractivity contribution in [3.63, 3.8) is 0 Å². The van der Waals surface area contributed by atoms with Gasteiger partial charge in [0, 0.05) is 16.8 Å². The minimum Gasteiger partial charge on any atom is -0.349 e. The summed E-state index contributed by atoms with van der Waals surface area (Å²) in [5.41, 5.74) is 1.45. The molecular formula is C22H24ClFN2O2S. The molecule has 0 aromatic heterocycles. The van der Waals surface area contributed by atoms with E-state index < -0.39 is 0 Å². The highest BCUT2D eigenvalue weighted by Crippen LogP contribution is 2.22. The molecule has 0 radical (unpaired) electrons. The molecule has 29 heavy (non-hydrogen) atoms. The molecule has 1 fully saturated rings. The molecule has 0 atom stereocenters. The lowest BCUT2D eigenvalue weighted by Gasteiger charge is -2.23. The van der Waals surface area contributed by atoms with Crippen molar-refractivity contribution in [2.24, 2.45) is 0 Å². The minimum atomic E-state index is -0.380. The monoisotopic (exact) mass is 434 g/mol. The second-order valence-electron chi connectivity index (χ2n) is 7.13. The summed E-state index contributed by atoms with van der Waals surface area (Å²) in [6.07, 6.45) is 5.48. The number of rotatable bonds is 7. The van der Waals surface area contributed by atoms with Crippen LogP contribution >= 0.6 is 23.4 Å². The van der Waals surface area contributed by atoms with Crippen molar-refractivity contribution in [3.8, 4) is 0 Å². The fourth-order valence-corrected chi connectivity index (χ4v) is 4.35. The normalized spacial score (nSPS) is 14.4. The van der Waals surface area contributed by atoms with E-state index in [0.717, 1.165) is 25.7 Å². The number of amides is 2. The van der Waals surface area contributed by atoms with Crippen molar-refractivity contribution < 1.29 is 14.0 Å². The number of thioether (sulfide) groups is 1. The number of hydrogen-bond donors (Lipinski definition) is 2. The predicted molar refractivity (Wildman–Crippen MR) is 117 cm³/mol. The Hall–Kier alpha value is -2.05. The van der Waals surface area contributed by atoms with Crippen molar-refractivity contribution in [3.05, 3.63) is 64.4 Å². The molecule has 2 aromatic carbocycles. The van der Waals surface area contributed by atoms with Gasteiger partial charge in [-0.3, -0.25) is 9.59 Å². The fraction of sp³-hybridized carbons (Fsp3) is 0.364. The average Bonchev–Trinajstić information content (AvgIpc) is 2.71. The third-order valence-electron chi connectivity index (χ3n) is 4.89. The molecule has 0 saturated heterocycles. The maximum absolute atomic E-state index is 13.8. The number of carbonyl (C=O) groups is 2. The van der Waals surface area contributed by atoms with Crippen LogP contribution in [0.15, 0.2) is 42.5 Å². The van der Waals surface area contributed by atoms with Crippen LogP contribution in [0.5, 0.6) is 0 Å². The van der Waals surface area contributed by atoms with Crippen LogP contribution in [0.4, 0.5) is 10.1 Å². The molecule has 0 bridgehead atoms. The van der Waals surface area contributed by atoms with Crippen molar-refractivity contribution in [1.82, 2.24) is 5.32 Å². The summed E-state index contributed by atoms with van der Waals surface area (Å²) in [7, 11) is 0. The van der Waals surface area contributed by atoms with E-state index in [0.29, 0.717) is 27.6 Å². The van der Waals surface area contributed by atoms with E-state index in [2.05, 4.69) is 10.6 Å². The Morgan fingerprint density at radius 1 is 1.10 bits per heavy atom. The molecule has 1 saturated carbocycles. The minimum absolute atomic E-state index is 0.153. The van der Waals surface area contributed by atoms with Crippen LogP contribution in [0.2, 0.25) is 5.02 Å². The third-order valence-corrected chi connectivity index (χ3v) is 6.11. The van der Waals surface area contributed by atoms with Crippen LogP contribution in [0.3, 0.4) is 0 Å². The Bertz CT molecular complexity index is 872. The molecule has 1 aliphatic carbocycles. The van der Waals surface area contributed by atoms with Crippen LogP contribution in [0.25, 0.3) is 0 Å². The van der Waals surface area contributed by atoms with E-state index in [9.17, 15) is 14.0 Å². The fourth-order valence-electron chi connectivity index (χ4n) is 3.38. The Balaban J connectivity index is 1.54. The highest BCUT2D eigenvalue weighted by Gasteiger charge is 2.19. The van der Waals surface area contributed by atoms with E-state index in [4.69, 9.17) is 11.6 Å². The molecule has 4 nitrogen and oxygen atoms in total. The maximum Gasteiger partial charge on any atom is 0.253 e. The highest BCUT2D eigenvalue weighted by molar-refractivity contribution is 7.99. The Morgan fingerprint density at radius 3 is 2.62 bits per heavy atom. The maximum atomic E-state index is 13.8. The molecule has 0 unspecified atom stereocenters. The SMILES string of the molecule is O=C(CSCc1ccc(Cl)cc1F)Nc1ccccc1C(=O)NC1CCCCC1. The zero-order chi connectivity index (χ0) is 20.6. The molecular weight excluding hydrogens is 411 g/mol. The van der Waals surface area contributed by atoms with Crippen molar-refractivity contribution in [2.75, 3.05) is 11.1 Å². The number of halogens is 2. The van der Waals surface area contributed by atoms with Crippen LogP contribution in [-0.4, -0.2) is 23.6 Å². The number of hydrogen-bond acceptors (Lipinski definition) is 3. The van der Waals surface area contributed by atoms with Gasteiger partial charge in [0.1, 0.15) is 5.82 Å². The first-order valence-electron chi connectivity index (χ1n) is 9.74. The summed E-state index contributed by atoms with van der Waals surface area (Å²) in [6, 6.07) is 11.7. The van der Waals surface area contributed by atoms with Crippen molar-refractivity contribution in [2.45, 2.75) is 43.9 Å². The van der Waals surface area contributed by atoms with Gasteiger partial charge >= 0.3 is 0 Å². The van der Waals surface area contributed by atoms with E-state index in [-0.39, 0.29) is 29.4 Å². The summed E-state index contributed by atoms with van der Waals surface area (Å²) >= 11 is 7.05. The average molecular weight is 435 g/mol.